The zero-order valence-electron chi connectivity index (χ0n) is 19.0. The zero-order valence-corrected chi connectivity index (χ0v) is 23.1. The van der Waals surface area contributed by atoms with Crippen LogP contribution in [0.15, 0.2) is 41.3 Å². The van der Waals surface area contributed by atoms with Crippen molar-refractivity contribution in [1.82, 2.24) is 0 Å². The lowest BCUT2D eigenvalue weighted by Crippen LogP contribution is -2.30. The topological polar surface area (TPSA) is 103 Å². The van der Waals surface area contributed by atoms with Crippen LogP contribution in [0.25, 0.3) is 0 Å². The van der Waals surface area contributed by atoms with Crippen molar-refractivity contribution in [3.05, 3.63) is 42.2 Å². The van der Waals surface area contributed by atoms with Gasteiger partial charge < -0.3 is 17.9 Å². The smallest absolute Gasteiger partial charge is 0.408 e. The Morgan fingerprint density at radius 2 is 1.77 bits per heavy atom. The molecule has 0 radical (unpaired) electrons. The van der Waals surface area contributed by atoms with Gasteiger partial charge in [-0.3, -0.25) is 9.52 Å². The Bertz CT molecular complexity index is 1150. The minimum absolute atomic E-state index is 0.00388. The number of benzene rings is 2. The standard InChI is InChI=1S/C21H25F3IN2O6PS/c1-4-31-18-9-13(26-20(28)15(11-32-25)12(2)3)6-8-19(18)35(29,30)27-14-5-7-16(22)17(10-14)33-21(23,24)34/h5-10,12,15,27H,4,11,34H2,1-3H3,(H,26,28)/t15-/m0/s1. The second-order valence-electron chi connectivity index (χ2n) is 7.62. The highest BCUT2D eigenvalue weighted by molar-refractivity contribution is 14.1. The van der Waals surface area contributed by atoms with E-state index < -0.39 is 33.4 Å². The summed E-state index contributed by atoms with van der Waals surface area (Å²) < 4.78 is 83.0. The van der Waals surface area contributed by atoms with Gasteiger partial charge in [0.25, 0.3) is 10.0 Å². The van der Waals surface area contributed by atoms with Crippen LogP contribution in [0.5, 0.6) is 11.5 Å². The quantitative estimate of drug-likeness (QED) is 0.236. The van der Waals surface area contributed by atoms with Crippen molar-refractivity contribution < 1.29 is 38.9 Å². The number of ether oxygens (including phenoxy) is 2. The second kappa shape index (κ2) is 12.4. The summed E-state index contributed by atoms with van der Waals surface area (Å²) in [7, 11) is -3.21. The Morgan fingerprint density at radius 1 is 1.14 bits per heavy atom. The number of hydrogen-bond donors (Lipinski definition) is 2. The Balaban J connectivity index is 2.34. The molecule has 0 bridgehead atoms. The van der Waals surface area contributed by atoms with Crippen molar-refractivity contribution in [1.29, 1.82) is 0 Å². The van der Waals surface area contributed by atoms with Crippen molar-refractivity contribution in [3.63, 3.8) is 0 Å². The van der Waals surface area contributed by atoms with E-state index in [0.717, 1.165) is 27.4 Å². The third-order valence-corrected chi connectivity index (χ3v) is 6.51. The van der Waals surface area contributed by atoms with Crippen molar-refractivity contribution in [2.45, 2.75) is 31.5 Å². The van der Waals surface area contributed by atoms with Gasteiger partial charge in [-0.15, -0.1) is 0 Å². The van der Waals surface area contributed by atoms with Crippen molar-refractivity contribution >= 4 is 59.6 Å². The molecular weight excluding hydrogens is 623 g/mol. The monoisotopic (exact) mass is 648 g/mol. The predicted molar refractivity (Wildman–Crippen MR) is 137 cm³/mol. The molecule has 1 unspecified atom stereocenters. The van der Waals surface area contributed by atoms with Gasteiger partial charge in [-0.05, 0) is 46.3 Å². The van der Waals surface area contributed by atoms with E-state index in [-0.39, 0.29) is 41.4 Å². The predicted octanol–water partition coefficient (Wildman–Crippen LogP) is 5.41. The van der Waals surface area contributed by atoms with Gasteiger partial charge in [0.1, 0.15) is 33.7 Å². The summed E-state index contributed by atoms with van der Waals surface area (Å²) >= 11 is 1.71. The number of hydrogen-bond acceptors (Lipinski definition) is 6. The normalized spacial score (nSPS) is 12.8. The number of amides is 1. The third kappa shape index (κ3) is 8.65. The molecule has 35 heavy (non-hydrogen) atoms. The number of sulfonamides is 1. The number of alkyl halides is 2. The number of nitrogens with one attached hydrogen (secondary N) is 2. The molecule has 0 aliphatic rings. The minimum atomic E-state index is -4.30. The molecule has 0 saturated carbocycles. The SMILES string of the molecule is CCOc1cc(NC(=O)[C@@H](COI)C(C)C)ccc1S(=O)(=O)Nc1ccc(F)c(OC(F)(F)P)c1. The van der Waals surface area contributed by atoms with E-state index in [2.05, 4.69) is 14.8 Å². The highest BCUT2D eigenvalue weighted by atomic mass is 127. The molecule has 194 valence electrons. The van der Waals surface area contributed by atoms with Gasteiger partial charge in [-0.2, -0.15) is 8.78 Å². The molecule has 0 spiro atoms. The first kappa shape index (κ1) is 29.4. The van der Waals surface area contributed by atoms with Crippen LogP contribution >= 0.6 is 32.2 Å². The first-order chi connectivity index (χ1) is 16.3. The van der Waals surface area contributed by atoms with Gasteiger partial charge in [0, 0.05) is 17.8 Å². The molecule has 1 amide bonds. The molecule has 2 N–H and O–H groups in total. The summed E-state index contributed by atoms with van der Waals surface area (Å²) in [6, 6.07) is 6.59. The maximum atomic E-state index is 13.8. The lowest BCUT2D eigenvalue weighted by Gasteiger charge is -2.20. The molecule has 0 heterocycles. The Morgan fingerprint density at radius 3 is 2.34 bits per heavy atom. The van der Waals surface area contributed by atoms with Crippen LogP contribution in [0, 0.1) is 17.7 Å². The maximum Gasteiger partial charge on any atom is 0.408 e. The largest absolute Gasteiger partial charge is 0.492 e. The minimum Gasteiger partial charge on any atom is -0.492 e. The van der Waals surface area contributed by atoms with Crippen LogP contribution in [0.1, 0.15) is 20.8 Å². The maximum absolute atomic E-state index is 13.8. The van der Waals surface area contributed by atoms with Crippen LogP contribution in [0.2, 0.25) is 0 Å². The number of carbonyl (C=O) groups is 1. The Kier molecular flexibility index (Phi) is 10.4. The molecule has 2 aromatic rings. The van der Waals surface area contributed by atoms with E-state index in [0.29, 0.717) is 5.69 Å². The summed E-state index contributed by atoms with van der Waals surface area (Å²) in [5, 5.41) is 2.72. The Hall–Kier alpha value is -1.83. The van der Waals surface area contributed by atoms with Crippen LogP contribution in [0.4, 0.5) is 24.5 Å². The van der Waals surface area contributed by atoms with Crippen LogP contribution < -0.4 is 19.5 Å². The van der Waals surface area contributed by atoms with E-state index in [4.69, 9.17) is 7.80 Å². The highest BCUT2D eigenvalue weighted by Crippen LogP contribution is 2.33. The van der Waals surface area contributed by atoms with E-state index >= 15 is 0 Å². The van der Waals surface area contributed by atoms with Gasteiger partial charge in [-0.1, -0.05) is 13.8 Å². The average molecular weight is 648 g/mol. The van der Waals surface area contributed by atoms with Crippen molar-refractivity contribution in [2.75, 3.05) is 23.3 Å². The van der Waals surface area contributed by atoms with Gasteiger partial charge in [0.15, 0.2) is 11.6 Å². The van der Waals surface area contributed by atoms with Crippen LogP contribution in [-0.4, -0.2) is 33.4 Å². The van der Waals surface area contributed by atoms with E-state index in [1.807, 2.05) is 13.8 Å². The van der Waals surface area contributed by atoms with Crippen molar-refractivity contribution in [2.24, 2.45) is 11.8 Å². The first-order valence-corrected chi connectivity index (χ1v) is 13.2. The van der Waals surface area contributed by atoms with E-state index in [9.17, 15) is 26.4 Å². The first-order valence-electron chi connectivity index (χ1n) is 10.3. The molecule has 0 aliphatic carbocycles. The summed E-state index contributed by atoms with van der Waals surface area (Å²) in [4.78, 5) is 12.4. The molecule has 2 rings (SSSR count). The highest BCUT2D eigenvalue weighted by Gasteiger charge is 2.27. The molecule has 0 aromatic heterocycles. The Labute approximate surface area is 218 Å². The molecule has 0 fully saturated rings. The van der Waals surface area contributed by atoms with E-state index in [1.165, 1.54) is 18.2 Å². The zero-order chi connectivity index (χ0) is 26.4. The third-order valence-electron chi connectivity index (χ3n) is 4.61. The summed E-state index contributed by atoms with van der Waals surface area (Å²) in [6.07, 6.45) is 0. The van der Waals surface area contributed by atoms with Crippen molar-refractivity contribution in [3.8, 4) is 11.5 Å². The molecule has 0 aliphatic heterocycles. The summed E-state index contributed by atoms with van der Waals surface area (Å²) in [5.41, 5.74) is 0.0886. The van der Waals surface area contributed by atoms with E-state index in [1.54, 1.807) is 29.9 Å². The van der Waals surface area contributed by atoms with Crippen LogP contribution in [-0.2, 0) is 17.9 Å². The molecule has 2 atom stereocenters. The van der Waals surface area contributed by atoms with Gasteiger partial charge in [0.05, 0.1) is 24.8 Å². The molecule has 2 aromatic carbocycles. The summed E-state index contributed by atoms with van der Waals surface area (Å²) in [6.45, 7) is 5.71. The number of rotatable bonds is 12. The van der Waals surface area contributed by atoms with Gasteiger partial charge in [0.2, 0.25) is 5.91 Å². The number of halogens is 4. The molecule has 8 nitrogen and oxygen atoms in total. The number of anilines is 2. The van der Waals surface area contributed by atoms with Gasteiger partial charge in [-0.25, -0.2) is 12.8 Å². The molecule has 14 heteroatoms. The molecular formula is C21H25F3IN2O6PS. The fourth-order valence-electron chi connectivity index (χ4n) is 2.95. The average Bonchev–Trinajstić information content (AvgIpc) is 2.73. The van der Waals surface area contributed by atoms with Gasteiger partial charge >= 0.3 is 5.85 Å². The fourth-order valence-corrected chi connectivity index (χ4v) is 4.64. The lowest BCUT2D eigenvalue weighted by atomic mass is 9.96. The second-order valence-corrected chi connectivity index (χ2v) is 10.6. The molecule has 0 saturated heterocycles. The fraction of sp³-hybridized carbons (Fsp3) is 0.381. The lowest BCUT2D eigenvalue weighted by molar-refractivity contribution is -0.121. The number of carbonyl (C=O) groups excluding carboxylic acids is 1. The summed E-state index contributed by atoms with van der Waals surface area (Å²) in [5.74, 6) is -6.50. The van der Waals surface area contributed by atoms with Crippen LogP contribution in [0.3, 0.4) is 0 Å².